The highest BCUT2D eigenvalue weighted by Crippen LogP contribution is 2.60. The number of hydrogen-bond donors (Lipinski definition) is 1. The van der Waals surface area contributed by atoms with Crippen LogP contribution in [0.5, 0.6) is 0 Å². The third-order valence-electron chi connectivity index (χ3n) is 4.95. The number of rotatable bonds is 4. The van der Waals surface area contributed by atoms with Crippen molar-refractivity contribution in [3.05, 3.63) is 35.6 Å². The highest BCUT2D eigenvalue weighted by Gasteiger charge is 2.53. The largest absolute Gasteiger partial charge is 0.312 e. The number of hydrogen-bond acceptors (Lipinski definition) is 1. The molecule has 1 nitrogen and oxygen atoms in total. The summed E-state index contributed by atoms with van der Waals surface area (Å²) in [6.07, 6.45) is 5.22. The predicted octanol–water partition coefficient (Wildman–Crippen LogP) is 4.17. The van der Waals surface area contributed by atoms with Crippen LogP contribution in [0.2, 0.25) is 0 Å². The Hall–Kier alpha value is -0.890. The molecule has 0 spiro atoms. The van der Waals surface area contributed by atoms with Gasteiger partial charge in [-0.2, -0.15) is 0 Å². The molecule has 0 aromatic heterocycles. The quantitative estimate of drug-likeness (QED) is 0.869. The fourth-order valence-electron chi connectivity index (χ4n) is 3.85. The normalized spacial score (nSPS) is 32.2. The van der Waals surface area contributed by atoms with Gasteiger partial charge in [0.05, 0.1) is 0 Å². The van der Waals surface area contributed by atoms with Gasteiger partial charge in [0.15, 0.2) is 0 Å². The summed E-state index contributed by atoms with van der Waals surface area (Å²) in [7, 11) is 0. The maximum absolute atomic E-state index is 13.1. The van der Waals surface area contributed by atoms with Gasteiger partial charge in [0, 0.05) is 12.1 Å². The molecule has 2 fully saturated rings. The van der Waals surface area contributed by atoms with Crippen molar-refractivity contribution in [2.45, 2.75) is 52.0 Å². The molecule has 20 heavy (non-hydrogen) atoms. The van der Waals surface area contributed by atoms with Gasteiger partial charge < -0.3 is 5.32 Å². The minimum atomic E-state index is -0.134. The van der Waals surface area contributed by atoms with Crippen LogP contribution < -0.4 is 5.32 Å². The minimum absolute atomic E-state index is 0.134. The average molecular weight is 275 g/mol. The van der Waals surface area contributed by atoms with E-state index >= 15 is 0 Å². The molecule has 3 rings (SSSR count). The Bertz CT molecular complexity index is 461. The third kappa shape index (κ3) is 3.22. The van der Waals surface area contributed by atoms with Crippen molar-refractivity contribution in [2.24, 2.45) is 17.3 Å². The fraction of sp³-hybridized carbons (Fsp3) is 0.667. The molecule has 0 bridgehead atoms. The van der Waals surface area contributed by atoms with Crippen molar-refractivity contribution in [1.29, 1.82) is 0 Å². The van der Waals surface area contributed by atoms with Gasteiger partial charge >= 0.3 is 0 Å². The molecule has 0 aliphatic heterocycles. The Balaban J connectivity index is 1.71. The van der Waals surface area contributed by atoms with E-state index in [1.54, 1.807) is 12.1 Å². The second kappa shape index (κ2) is 4.84. The van der Waals surface area contributed by atoms with Crippen LogP contribution >= 0.6 is 0 Å². The lowest BCUT2D eigenvalue weighted by atomic mass is 9.77. The van der Waals surface area contributed by atoms with Crippen molar-refractivity contribution in [2.75, 3.05) is 6.54 Å². The lowest BCUT2D eigenvalue weighted by Gasteiger charge is -2.35. The van der Waals surface area contributed by atoms with Crippen molar-refractivity contribution < 1.29 is 4.39 Å². The van der Waals surface area contributed by atoms with E-state index in [2.05, 4.69) is 26.1 Å². The van der Waals surface area contributed by atoms with Crippen molar-refractivity contribution in [1.82, 2.24) is 5.32 Å². The maximum atomic E-state index is 13.1. The SMILES string of the molecule is CC(C)(C)NCC1(Cc2ccc(F)cc2)CC2CC2C1. The molecule has 2 aliphatic carbocycles. The zero-order valence-electron chi connectivity index (χ0n) is 12.9. The van der Waals surface area contributed by atoms with Crippen molar-refractivity contribution >= 4 is 0 Å². The van der Waals surface area contributed by atoms with Gasteiger partial charge in [0.25, 0.3) is 0 Å². The van der Waals surface area contributed by atoms with E-state index in [0.717, 1.165) is 24.8 Å². The molecule has 0 radical (unpaired) electrons. The molecule has 1 N–H and O–H groups in total. The van der Waals surface area contributed by atoms with Crippen molar-refractivity contribution in [3.63, 3.8) is 0 Å². The zero-order chi connectivity index (χ0) is 14.4. The summed E-state index contributed by atoms with van der Waals surface area (Å²) >= 11 is 0. The van der Waals surface area contributed by atoms with Crippen LogP contribution in [0.15, 0.2) is 24.3 Å². The number of halogens is 1. The Kier molecular flexibility index (Phi) is 3.40. The summed E-state index contributed by atoms with van der Waals surface area (Å²) in [4.78, 5) is 0. The van der Waals surface area contributed by atoms with E-state index in [1.165, 1.54) is 24.8 Å². The van der Waals surface area contributed by atoms with E-state index in [9.17, 15) is 4.39 Å². The molecule has 1 aromatic rings. The van der Waals surface area contributed by atoms with Gasteiger partial charge in [-0.1, -0.05) is 12.1 Å². The van der Waals surface area contributed by atoms with E-state index in [0.29, 0.717) is 5.41 Å². The topological polar surface area (TPSA) is 12.0 Å². The Morgan fingerprint density at radius 2 is 1.75 bits per heavy atom. The van der Waals surface area contributed by atoms with E-state index in [1.807, 2.05) is 12.1 Å². The van der Waals surface area contributed by atoms with Gasteiger partial charge in [-0.25, -0.2) is 4.39 Å². The van der Waals surface area contributed by atoms with E-state index in [4.69, 9.17) is 0 Å². The summed E-state index contributed by atoms with van der Waals surface area (Å²) in [5.74, 6) is 1.80. The summed E-state index contributed by atoms with van der Waals surface area (Å²) in [5.41, 5.74) is 1.84. The van der Waals surface area contributed by atoms with Crippen LogP contribution in [0.3, 0.4) is 0 Å². The highest BCUT2D eigenvalue weighted by molar-refractivity contribution is 5.20. The molecule has 2 saturated carbocycles. The van der Waals surface area contributed by atoms with Crippen LogP contribution in [0.25, 0.3) is 0 Å². The molecule has 2 heteroatoms. The molecule has 2 aliphatic rings. The number of nitrogens with one attached hydrogen (secondary N) is 1. The first-order chi connectivity index (χ1) is 9.35. The Morgan fingerprint density at radius 1 is 1.15 bits per heavy atom. The van der Waals surface area contributed by atoms with Crippen LogP contribution in [0.1, 0.15) is 45.6 Å². The summed E-state index contributed by atoms with van der Waals surface area (Å²) in [5, 5.41) is 3.70. The second-order valence-corrected chi connectivity index (χ2v) is 8.07. The molecule has 110 valence electrons. The predicted molar refractivity (Wildman–Crippen MR) is 81.1 cm³/mol. The van der Waals surface area contributed by atoms with Gasteiger partial charge in [0.2, 0.25) is 0 Å². The smallest absolute Gasteiger partial charge is 0.123 e. The average Bonchev–Trinajstić information content (AvgIpc) is 2.98. The van der Waals surface area contributed by atoms with Gasteiger partial charge in [-0.3, -0.25) is 0 Å². The van der Waals surface area contributed by atoms with Gasteiger partial charge in [-0.05, 0) is 81.4 Å². The molecular weight excluding hydrogens is 249 g/mol. The Labute approximate surface area is 122 Å². The summed E-state index contributed by atoms with van der Waals surface area (Å²) in [6, 6.07) is 7.10. The summed E-state index contributed by atoms with van der Waals surface area (Å²) in [6.45, 7) is 7.78. The molecule has 2 atom stereocenters. The first-order valence-electron chi connectivity index (χ1n) is 7.85. The molecule has 0 heterocycles. The van der Waals surface area contributed by atoms with Crippen LogP contribution in [-0.4, -0.2) is 12.1 Å². The fourth-order valence-corrected chi connectivity index (χ4v) is 3.85. The monoisotopic (exact) mass is 275 g/mol. The first-order valence-corrected chi connectivity index (χ1v) is 7.85. The Morgan fingerprint density at radius 3 is 2.30 bits per heavy atom. The third-order valence-corrected chi connectivity index (χ3v) is 4.95. The first kappa shape index (κ1) is 14.1. The maximum Gasteiger partial charge on any atom is 0.123 e. The van der Waals surface area contributed by atoms with Gasteiger partial charge in [-0.15, -0.1) is 0 Å². The van der Waals surface area contributed by atoms with Crippen LogP contribution in [0, 0.1) is 23.1 Å². The molecule has 1 aromatic carbocycles. The van der Waals surface area contributed by atoms with Gasteiger partial charge in [0.1, 0.15) is 5.82 Å². The molecule has 2 unspecified atom stereocenters. The van der Waals surface area contributed by atoms with Crippen LogP contribution in [-0.2, 0) is 6.42 Å². The van der Waals surface area contributed by atoms with E-state index in [-0.39, 0.29) is 11.4 Å². The second-order valence-electron chi connectivity index (χ2n) is 8.07. The highest BCUT2D eigenvalue weighted by atomic mass is 19.1. The summed E-state index contributed by atoms with van der Waals surface area (Å²) < 4.78 is 13.1. The van der Waals surface area contributed by atoms with Crippen LogP contribution in [0.4, 0.5) is 4.39 Å². The lowest BCUT2D eigenvalue weighted by molar-refractivity contribution is 0.222. The number of fused-ring (bicyclic) bond motifs is 1. The van der Waals surface area contributed by atoms with E-state index < -0.39 is 0 Å². The molecular formula is C18H26FN. The van der Waals surface area contributed by atoms with Crippen molar-refractivity contribution in [3.8, 4) is 0 Å². The minimum Gasteiger partial charge on any atom is -0.312 e. The standard InChI is InChI=1S/C18H26FN/c1-17(2,3)20-12-18(10-14-8-15(14)11-18)9-13-4-6-16(19)7-5-13/h4-7,14-15,20H,8-12H2,1-3H3. The molecule has 0 amide bonds. The lowest BCUT2D eigenvalue weighted by Crippen LogP contribution is -2.44. The molecule has 0 saturated heterocycles. The number of benzene rings is 1. The zero-order valence-corrected chi connectivity index (χ0v) is 12.9.